The normalized spacial score (nSPS) is 10.3. The average Bonchev–Trinajstić information content (AvgIpc) is 2.77. The predicted octanol–water partition coefficient (Wildman–Crippen LogP) is 2.67. The SMILES string of the molecule is Cc1cc(NC(=O)N(C)Cc2ncc(Br)cn2)sn1. The van der Waals surface area contributed by atoms with E-state index >= 15 is 0 Å². The van der Waals surface area contributed by atoms with Gasteiger partial charge >= 0.3 is 6.03 Å². The van der Waals surface area contributed by atoms with Gasteiger partial charge in [0, 0.05) is 19.4 Å². The fraction of sp³-hybridized carbons (Fsp3) is 0.273. The Bertz CT molecular complexity index is 571. The molecule has 100 valence electrons. The van der Waals surface area contributed by atoms with Crippen LogP contribution in [0.5, 0.6) is 0 Å². The number of nitrogens with one attached hydrogen (secondary N) is 1. The Morgan fingerprint density at radius 2 is 2.16 bits per heavy atom. The predicted molar refractivity (Wildman–Crippen MR) is 77.1 cm³/mol. The summed E-state index contributed by atoms with van der Waals surface area (Å²) in [6, 6.07) is 1.61. The number of hydrogen-bond donors (Lipinski definition) is 1. The number of carbonyl (C=O) groups is 1. The van der Waals surface area contributed by atoms with E-state index in [1.54, 1.807) is 19.4 Å². The summed E-state index contributed by atoms with van der Waals surface area (Å²) in [5, 5.41) is 3.50. The zero-order valence-electron chi connectivity index (χ0n) is 10.4. The number of aromatic nitrogens is 3. The van der Waals surface area contributed by atoms with Crippen LogP contribution in [0.25, 0.3) is 0 Å². The van der Waals surface area contributed by atoms with Crippen LogP contribution in [-0.2, 0) is 6.54 Å². The maximum Gasteiger partial charge on any atom is 0.322 e. The van der Waals surface area contributed by atoms with E-state index in [4.69, 9.17) is 0 Å². The number of nitrogens with zero attached hydrogens (tertiary/aromatic N) is 4. The molecule has 2 aromatic heterocycles. The molecule has 0 radical (unpaired) electrons. The third-order valence-electron chi connectivity index (χ3n) is 2.26. The van der Waals surface area contributed by atoms with Gasteiger partial charge in [0.15, 0.2) is 0 Å². The minimum atomic E-state index is -0.213. The van der Waals surface area contributed by atoms with Gasteiger partial charge in [-0.25, -0.2) is 14.8 Å². The minimum absolute atomic E-state index is 0.213. The molecule has 8 heteroatoms. The topological polar surface area (TPSA) is 71.0 Å². The van der Waals surface area contributed by atoms with Gasteiger partial charge in [-0.2, -0.15) is 4.37 Å². The third-order valence-corrected chi connectivity index (χ3v) is 3.46. The van der Waals surface area contributed by atoms with Crippen LogP contribution >= 0.6 is 27.5 Å². The van der Waals surface area contributed by atoms with Crippen LogP contribution in [0.15, 0.2) is 22.9 Å². The highest BCUT2D eigenvalue weighted by molar-refractivity contribution is 9.10. The number of amides is 2. The van der Waals surface area contributed by atoms with Crippen molar-refractivity contribution < 1.29 is 4.79 Å². The number of halogens is 1. The molecule has 0 saturated carbocycles. The van der Waals surface area contributed by atoms with Crippen molar-refractivity contribution in [3.05, 3.63) is 34.5 Å². The quantitative estimate of drug-likeness (QED) is 0.931. The second-order valence-corrected chi connectivity index (χ2v) is 5.66. The number of hydrogen-bond acceptors (Lipinski definition) is 5. The van der Waals surface area contributed by atoms with Crippen LogP contribution < -0.4 is 5.32 Å². The van der Waals surface area contributed by atoms with Gasteiger partial charge in [0.2, 0.25) is 0 Å². The molecule has 0 spiro atoms. The molecule has 0 aliphatic carbocycles. The van der Waals surface area contributed by atoms with Crippen molar-refractivity contribution >= 4 is 38.5 Å². The number of anilines is 1. The Labute approximate surface area is 123 Å². The Kier molecular flexibility index (Phi) is 4.43. The van der Waals surface area contributed by atoms with Gasteiger partial charge in [-0.3, -0.25) is 5.32 Å². The third kappa shape index (κ3) is 3.97. The Balaban J connectivity index is 1.94. The van der Waals surface area contributed by atoms with Gasteiger partial charge in [0.05, 0.1) is 16.7 Å². The van der Waals surface area contributed by atoms with Crippen molar-refractivity contribution in [1.82, 2.24) is 19.2 Å². The molecule has 1 N–H and O–H groups in total. The molecule has 0 fully saturated rings. The second-order valence-electron chi connectivity index (χ2n) is 3.94. The summed E-state index contributed by atoms with van der Waals surface area (Å²) in [7, 11) is 1.69. The van der Waals surface area contributed by atoms with E-state index in [1.165, 1.54) is 16.4 Å². The van der Waals surface area contributed by atoms with Crippen LogP contribution in [0.3, 0.4) is 0 Å². The molecule has 19 heavy (non-hydrogen) atoms. The highest BCUT2D eigenvalue weighted by Gasteiger charge is 2.12. The van der Waals surface area contributed by atoms with E-state index < -0.39 is 0 Å². The summed E-state index contributed by atoms with van der Waals surface area (Å²) in [5.41, 5.74) is 0.888. The molecule has 2 rings (SSSR count). The average molecular weight is 342 g/mol. The molecule has 0 aromatic carbocycles. The van der Waals surface area contributed by atoms with E-state index in [0.29, 0.717) is 12.4 Å². The molecular weight excluding hydrogens is 330 g/mol. The number of rotatable bonds is 3. The zero-order valence-corrected chi connectivity index (χ0v) is 12.8. The fourth-order valence-corrected chi connectivity index (χ4v) is 2.18. The summed E-state index contributed by atoms with van der Waals surface area (Å²) < 4.78 is 4.91. The standard InChI is InChI=1S/C11H12BrN5OS/c1-7-3-10(19-16-7)15-11(18)17(2)6-9-13-4-8(12)5-14-9/h3-5H,6H2,1-2H3,(H,15,18). The largest absolute Gasteiger partial charge is 0.322 e. The first-order valence-electron chi connectivity index (χ1n) is 5.46. The van der Waals surface area contributed by atoms with Crippen LogP contribution in [-0.4, -0.2) is 32.3 Å². The molecule has 0 aliphatic rings. The lowest BCUT2D eigenvalue weighted by Gasteiger charge is -2.16. The number of carbonyl (C=O) groups excluding carboxylic acids is 1. The highest BCUT2D eigenvalue weighted by atomic mass is 79.9. The summed E-state index contributed by atoms with van der Waals surface area (Å²) in [5.74, 6) is 0.585. The van der Waals surface area contributed by atoms with Crippen molar-refractivity contribution in [3.63, 3.8) is 0 Å². The molecular formula is C11H12BrN5OS. The molecule has 2 aromatic rings. The van der Waals surface area contributed by atoms with Crippen molar-refractivity contribution in [2.24, 2.45) is 0 Å². The Hall–Kier alpha value is -1.54. The molecule has 2 amide bonds. The van der Waals surface area contributed by atoms with Crippen LogP contribution in [0.1, 0.15) is 11.5 Å². The second kappa shape index (κ2) is 6.07. The van der Waals surface area contributed by atoms with E-state index in [-0.39, 0.29) is 6.03 Å². The maximum atomic E-state index is 11.9. The fourth-order valence-electron chi connectivity index (χ4n) is 1.33. The molecule has 0 bridgehead atoms. The molecule has 2 heterocycles. The monoisotopic (exact) mass is 341 g/mol. The van der Waals surface area contributed by atoms with Crippen LogP contribution in [0, 0.1) is 6.92 Å². The molecule has 0 atom stereocenters. The van der Waals surface area contributed by atoms with E-state index in [2.05, 4.69) is 35.6 Å². The van der Waals surface area contributed by atoms with Crippen LogP contribution in [0.4, 0.5) is 9.80 Å². The lowest BCUT2D eigenvalue weighted by Crippen LogP contribution is -2.31. The first-order valence-corrected chi connectivity index (χ1v) is 7.03. The summed E-state index contributed by atoms with van der Waals surface area (Å²) >= 11 is 4.52. The van der Waals surface area contributed by atoms with E-state index in [9.17, 15) is 4.79 Å². The summed E-state index contributed by atoms with van der Waals surface area (Å²) in [6.07, 6.45) is 3.31. The number of urea groups is 1. The van der Waals surface area contributed by atoms with Crippen molar-refractivity contribution in [2.75, 3.05) is 12.4 Å². The molecule has 0 saturated heterocycles. The Morgan fingerprint density at radius 1 is 1.47 bits per heavy atom. The molecule has 0 aliphatic heterocycles. The van der Waals surface area contributed by atoms with Crippen molar-refractivity contribution in [1.29, 1.82) is 0 Å². The summed E-state index contributed by atoms with van der Waals surface area (Å²) in [6.45, 7) is 2.22. The molecule has 0 unspecified atom stereocenters. The zero-order chi connectivity index (χ0) is 13.8. The Morgan fingerprint density at radius 3 is 2.74 bits per heavy atom. The van der Waals surface area contributed by atoms with Gasteiger partial charge < -0.3 is 4.90 Å². The van der Waals surface area contributed by atoms with Gasteiger partial charge in [-0.1, -0.05) is 0 Å². The van der Waals surface area contributed by atoms with Gasteiger partial charge in [0.1, 0.15) is 10.8 Å². The van der Waals surface area contributed by atoms with E-state index in [1.807, 2.05) is 13.0 Å². The number of aryl methyl sites for hydroxylation is 1. The highest BCUT2D eigenvalue weighted by Crippen LogP contribution is 2.16. The van der Waals surface area contributed by atoms with Crippen molar-refractivity contribution in [2.45, 2.75) is 13.5 Å². The lowest BCUT2D eigenvalue weighted by molar-refractivity contribution is 0.219. The van der Waals surface area contributed by atoms with Gasteiger partial charge in [0.25, 0.3) is 0 Å². The first kappa shape index (κ1) is 13.9. The minimum Gasteiger partial charge on any atom is -0.320 e. The van der Waals surface area contributed by atoms with E-state index in [0.717, 1.165) is 15.2 Å². The van der Waals surface area contributed by atoms with Crippen molar-refractivity contribution in [3.8, 4) is 0 Å². The smallest absolute Gasteiger partial charge is 0.320 e. The lowest BCUT2D eigenvalue weighted by atomic mass is 10.5. The van der Waals surface area contributed by atoms with Crippen LogP contribution in [0.2, 0.25) is 0 Å². The molecule has 6 nitrogen and oxygen atoms in total. The van der Waals surface area contributed by atoms with Gasteiger partial charge in [-0.05, 0) is 40.5 Å². The van der Waals surface area contributed by atoms with Gasteiger partial charge in [-0.15, -0.1) is 0 Å². The first-order chi connectivity index (χ1) is 9.04. The maximum absolute atomic E-state index is 11.9. The summed E-state index contributed by atoms with van der Waals surface area (Å²) in [4.78, 5) is 21.7.